The number of hydrogen-bond donors (Lipinski definition) is 4. The molecule has 11 heavy (non-hydrogen) atoms. The van der Waals surface area contributed by atoms with Crippen molar-refractivity contribution in [3.05, 3.63) is 0 Å². The third-order valence-electron chi connectivity index (χ3n) is 1.32. The molecule has 0 aromatic heterocycles. The normalized spacial score (nSPS) is 18.9. The lowest BCUT2D eigenvalue weighted by Crippen LogP contribution is -2.36. The molecule has 3 atom stereocenters. The maximum atomic E-state index is 9.97. The van der Waals surface area contributed by atoms with Crippen LogP contribution in [0.25, 0.3) is 0 Å². The summed E-state index contributed by atoms with van der Waals surface area (Å²) < 4.78 is 0. The molecule has 0 unspecified atom stereocenters. The van der Waals surface area contributed by atoms with Gasteiger partial charge in [-0.15, -0.1) is 0 Å². The Hall–Kier alpha value is -0.490. The predicted molar refractivity (Wildman–Crippen MR) is 37.8 cm³/mol. The average molecular weight is 163 g/mol. The lowest BCUT2D eigenvalue weighted by molar-refractivity contribution is -0.110. The summed E-state index contributed by atoms with van der Waals surface area (Å²) in [6, 6.07) is -0.786. The molecule has 5 heteroatoms. The first kappa shape index (κ1) is 10.5. The lowest BCUT2D eigenvalue weighted by Gasteiger charge is -2.16. The van der Waals surface area contributed by atoms with E-state index in [1.54, 1.807) is 0 Å². The Morgan fingerprint density at radius 3 is 2.27 bits per heavy atom. The Balaban J connectivity index is 3.66. The molecule has 0 aliphatic rings. The first-order valence-corrected chi connectivity index (χ1v) is 3.29. The van der Waals surface area contributed by atoms with Crippen molar-refractivity contribution < 1.29 is 20.1 Å². The molecular formula is C6H13NO4. The van der Waals surface area contributed by atoms with Crippen LogP contribution >= 0.6 is 0 Å². The van der Waals surface area contributed by atoms with E-state index < -0.39 is 24.9 Å². The molecule has 0 aliphatic carbocycles. The van der Waals surface area contributed by atoms with Crippen molar-refractivity contribution >= 4 is 6.29 Å². The fourth-order valence-corrected chi connectivity index (χ4v) is 0.613. The Labute approximate surface area is 64.4 Å². The molecule has 0 heterocycles. The van der Waals surface area contributed by atoms with Gasteiger partial charge >= 0.3 is 0 Å². The molecule has 0 spiro atoms. The topological polar surface area (TPSA) is 104 Å². The van der Waals surface area contributed by atoms with Crippen molar-refractivity contribution in [1.29, 1.82) is 0 Å². The fourth-order valence-electron chi connectivity index (χ4n) is 0.613. The average Bonchev–Trinajstić information content (AvgIpc) is 2.02. The Kier molecular flexibility index (Phi) is 4.97. The summed E-state index contributed by atoms with van der Waals surface area (Å²) in [5.74, 6) is 0. The highest BCUT2D eigenvalue weighted by molar-refractivity contribution is 5.56. The number of rotatable bonds is 5. The summed E-state index contributed by atoms with van der Waals surface area (Å²) in [5, 5.41) is 26.1. The van der Waals surface area contributed by atoms with Gasteiger partial charge in [0, 0.05) is 0 Å². The molecule has 5 N–H and O–H groups in total. The highest BCUT2D eigenvalue weighted by Crippen LogP contribution is 1.99. The highest BCUT2D eigenvalue weighted by Gasteiger charge is 2.17. The largest absolute Gasteiger partial charge is 0.394 e. The molecule has 0 aromatic rings. The Bertz CT molecular complexity index is 119. The number of carbonyl (C=O) groups excluding carboxylic acids is 1. The van der Waals surface area contributed by atoms with Crippen LogP contribution in [0.1, 0.15) is 6.42 Å². The van der Waals surface area contributed by atoms with Crippen LogP contribution in [0.4, 0.5) is 0 Å². The van der Waals surface area contributed by atoms with Crippen molar-refractivity contribution in [3.8, 4) is 0 Å². The van der Waals surface area contributed by atoms with Crippen LogP contribution in [0.5, 0.6) is 0 Å². The van der Waals surface area contributed by atoms with Gasteiger partial charge in [0.1, 0.15) is 12.4 Å². The second-order valence-electron chi connectivity index (χ2n) is 2.35. The van der Waals surface area contributed by atoms with Gasteiger partial charge in [-0.2, -0.15) is 0 Å². The van der Waals surface area contributed by atoms with Gasteiger partial charge in [0.2, 0.25) is 0 Å². The summed E-state index contributed by atoms with van der Waals surface area (Å²) in [4.78, 5) is 9.97. The molecule has 0 saturated carbocycles. The van der Waals surface area contributed by atoms with Gasteiger partial charge < -0.3 is 25.8 Å². The van der Waals surface area contributed by atoms with E-state index in [0.717, 1.165) is 0 Å². The van der Waals surface area contributed by atoms with E-state index >= 15 is 0 Å². The monoisotopic (exact) mass is 163 g/mol. The standard InChI is InChI=1S/C6H13NO4/c7-4(2-8)1-5(10)6(11)3-9/h2,4-6,9-11H,1,3,7H2/t4-,5+,6-/m0/s1. The van der Waals surface area contributed by atoms with E-state index in [0.29, 0.717) is 6.29 Å². The predicted octanol–water partition coefficient (Wildman–Crippen LogP) is -2.38. The fraction of sp³-hybridized carbons (Fsp3) is 0.833. The summed E-state index contributed by atoms with van der Waals surface area (Å²) in [6.45, 7) is -0.535. The van der Waals surface area contributed by atoms with E-state index in [1.165, 1.54) is 0 Å². The smallest absolute Gasteiger partial charge is 0.136 e. The van der Waals surface area contributed by atoms with Crippen molar-refractivity contribution in [1.82, 2.24) is 0 Å². The van der Waals surface area contributed by atoms with Gasteiger partial charge in [-0.1, -0.05) is 0 Å². The number of carbonyl (C=O) groups is 1. The number of aliphatic hydroxyl groups excluding tert-OH is 3. The zero-order valence-electron chi connectivity index (χ0n) is 6.05. The molecule has 0 saturated heterocycles. The maximum absolute atomic E-state index is 9.97. The first-order chi connectivity index (χ1) is 5.11. The summed E-state index contributed by atoms with van der Waals surface area (Å²) in [5.41, 5.74) is 5.15. The Morgan fingerprint density at radius 1 is 1.36 bits per heavy atom. The second-order valence-corrected chi connectivity index (χ2v) is 2.35. The van der Waals surface area contributed by atoms with Crippen LogP contribution in [-0.2, 0) is 4.79 Å². The number of nitrogens with two attached hydrogens (primary N) is 1. The molecule has 0 aliphatic heterocycles. The van der Waals surface area contributed by atoms with Crippen LogP contribution in [0, 0.1) is 0 Å². The number of aldehydes is 1. The van der Waals surface area contributed by atoms with Crippen LogP contribution in [0.2, 0.25) is 0 Å². The van der Waals surface area contributed by atoms with Crippen LogP contribution in [0.15, 0.2) is 0 Å². The molecule has 5 nitrogen and oxygen atoms in total. The van der Waals surface area contributed by atoms with Crippen molar-refractivity contribution in [2.24, 2.45) is 5.73 Å². The van der Waals surface area contributed by atoms with Gasteiger partial charge in [-0.05, 0) is 6.42 Å². The van der Waals surface area contributed by atoms with Crippen LogP contribution in [-0.4, -0.2) is 46.5 Å². The zero-order chi connectivity index (χ0) is 8.85. The minimum Gasteiger partial charge on any atom is -0.394 e. The van der Waals surface area contributed by atoms with E-state index in [-0.39, 0.29) is 6.42 Å². The third kappa shape index (κ3) is 4.05. The van der Waals surface area contributed by atoms with E-state index in [9.17, 15) is 4.79 Å². The van der Waals surface area contributed by atoms with E-state index in [4.69, 9.17) is 21.1 Å². The van der Waals surface area contributed by atoms with Crippen molar-refractivity contribution in [2.75, 3.05) is 6.61 Å². The molecule has 0 amide bonds. The molecule has 0 fully saturated rings. The van der Waals surface area contributed by atoms with Gasteiger partial charge in [0.05, 0.1) is 18.8 Å². The SMILES string of the molecule is N[C@H](C=O)C[C@@H](O)[C@@H](O)CO. The lowest BCUT2D eigenvalue weighted by atomic mass is 10.1. The van der Waals surface area contributed by atoms with E-state index in [1.807, 2.05) is 0 Å². The van der Waals surface area contributed by atoms with E-state index in [2.05, 4.69) is 0 Å². The van der Waals surface area contributed by atoms with Gasteiger partial charge in [0.25, 0.3) is 0 Å². The minimum absolute atomic E-state index is 0.0365. The highest BCUT2D eigenvalue weighted by atomic mass is 16.4. The molecular weight excluding hydrogens is 150 g/mol. The quantitative estimate of drug-likeness (QED) is 0.339. The van der Waals surface area contributed by atoms with Crippen LogP contribution in [0.3, 0.4) is 0 Å². The molecule has 0 rings (SSSR count). The zero-order valence-corrected chi connectivity index (χ0v) is 6.05. The van der Waals surface area contributed by atoms with Gasteiger partial charge in [-0.3, -0.25) is 0 Å². The second kappa shape index (κ2) is 5.20. The Morgan fingerprint density at radius 2 is 1.91 bits per heavy atom. The van der Waals surface area contributed by atoms with Gasteiger partial charge in [0.15, 0.2) is 0 Å². The molecule has 0 radical (unpaired) electrons. The number of aliphatic hydroxyl groups is 3. The van der Waals surface area contributed by atoms with Crippen LogP contribution < -0.4 is 5.73 Å². The molecule has 0 bridgehead atoms. The third-order valence-corrected chi connectivity index (χ3v) is 1.32. The minimum atomic E-state index is -1.22. The summed E-state index contributed by atoms with van der Waals surface area (Å²) >= 11 is 0. The molecule has 0 aromatic carbocycles. The molecule has 66 valence electrons. The van der Waals surface area contributed by atoms with Crippen molar-refractivity contribution in [3.63, 3.8) is 0 Å². The number of hydrogen-bond acceptors (Lipinski definition) is 5. The van der Waals surface area contributed by atoms with Gasteiger partial charge in [-0.25, -0.2) is 0 Å². The summed E-state index contributed by atoms with van der Waals surface area (Å²) in [6.07, 6.45) is -1.92. The summed E-state index contributed by atoms with van der Waals surface area (Å²) in [7, 11) is 0. The van der Waals surface area contributed by atoms with Crippen molar-refractivity contribution in [2.45, 2.75) is 24.7 Å². The first-order valence-electron chi connectivity index (χ1n) is 3.29. The maximum Gasteiger partial charge on any atom is 0.136 e.